The van der Waals surface area contributed by atoms with Gasteiger partial charge in [-0.1, -0.05) is 0 Å². The predicted octanol–water partition coefficient (Wildman–Crippen LogP) is 3.53. The van der Waals surface area contributed by atoms with Gasteiger partial charge < -0.3 is 5.32 Å². The Hall–Kier alpha value is -3.29. The molecule has 6 nitrogen and oxygen atoms in total. The van der Waals surface area contributed by atoms with Crippen LogP contribution in [-0.4, -0.2) is 26.3 Å². The number of benzene rings is 1. The fraction of sp³-hybridized carbons (Fsp3) is 0.318. The van der Waals surface area contributed by atoms with Gasteiger partial charge in [-0.05, 0) is 62.4 Å². The summed E-state index contributed by atoms with van der Waals surface area (Å²) >= 11 is 0. The smallest absolute Gasteiger partial charge is 0.268 e. The second-order valence-electron chi connectivity index (χ2n) is 7.61. The number of halogens is 2. The standard InChI is InChI=1S/C22H22F2N4O2/c1-14-9-12-27(19-13-15(23)3-8-18(19)24)22(30)20(14)21(29)26-16-4-6-17(7-5-16)28-11-2-10-25-28/h2-3,8-13,16-17H,4-7H2,1H3,(H,26,29). The Morgan fingerprint density at radius 3 is 2.60 bits per heavy atom. The summed E-state index contributed by atoms with van der Waals surface area (Å²) in [5, 5.41) is 7.21. The molecule has 0 radical (unpaired) electrons. The summed E-state index contributed by atoms with van der Waals surface area (Å²) in [7, 11) is 0. The van der Waals surface area contributed by atoms with Crippen molar-refractivity contribution >= 4 is 5.91 Å². The minimum absolute atomic E-state index is 0.0531. The SMILES string of the molecule is Cc1ccn(-c2cc(F)ccc2F)c(=O)c1C(=O)NC1CCC(n2cccn2)CC1. The number of carbonyl (C=O) groups is 1. The van der Waals surface area contributed by atoms with Crippen LogP contribution in [0, 0.1) is 18.6 Å². The van der Waals surface area contributed by atoms with Crippen molar-refractivity contribution in [3.63, 3.8) is 0 Å². The highest BCUT2D eigenvalue weighted by molar-refractivity contribution is 5.95. The molecule has 1 saturated carbocycles. The van der Waals surface area contributed by atoms with Gasteiger partial charge in [-0.2, -0.15) is 5.10 Å². The van der Waals surface area contributed by atoms with Gasteiger partial charge in [0.1, 0.15) is 17.2 Å². The molecule has 0 saturated heterocycles. The average Bonchev–Trinajstić information content (AvgIpc) is 3.26. The van der Waals surface area contributed by atoms with Gasteiger partial charge in [-0.25, -0.2) is 8.78 Å². The number of hydrogen-bond donors (Lipinski definition) is 1. The van der Waals surface area contributed by atoms with Gasteiger partial charge in [0.25, 0.3) is 11.5 Å². The minimum atomic E-state index is -0.745. The van der Waals surface area contributed by atoms with Gasteiger partial charge in [-0.15, -0.1) is 0 Å². The van der Waals surface area contributed by atoms with Crippen LogP contribution in [0.15, 0.2) is 53.7 Å². The van der Waals surface area contributed by atoms with E-state index in [0.29, 0.717) is 11.6 Å². The number of nitrogens with one attached hydrogen (secondary N) is 1. The number of nitrogens with zero attached hydrogens (tertiary/aromatic N) is 3. The molecule has 30 heavy (non-hydrogen) atoms. The molecule has 0 atom stereocenters. The highest BCUT2D eigenvalue weighted by atomic mass is 19.1. The summed E-state index contributed by atoms with van der Waals surface area (Å²) in [6.45, 7) is 1.65. The normalized spacial score (nSPS) is 18.9. The lowest BCUT2D eigenvalue weighted by atomic mass is 9.91. The van der Waals surface area contributed by atoms with E-state index in [1.807, 2.05) is 16.9 Å². The van der Waals surface area contributed by atoms with Crippen LogP contribution in [-0.2, 0) is 0 Å². The van der Waals surface area contributed by atoms with E-state index in [2.05, 4.69) is 10.4 Å². The molecule has 1 aliphatic rings. The van der Waals surface area contributed by atoms with Crippen molar-refractivity contribution < 1.29 is 13.6 Å². The second-order valence-corrected chi connectivity index (χ2v) is 7.61. The fourth-order valence-corrected chi connectivity index (χ4v) is 4.00. The fourth-order valence-electron chi connectivity index (χ4n) is 4.00. The van der Waals surface area contributed by atoms with E-state index in [9.17, 15) is 18.4 Å². The Labute approximate surface area is 172 Å². The van der Waals surface area contributed by atoms with E-state index in [0.717, 1.165) is 48.4 Å². The lowest BCUT2D eigenvalue weighted by Gasteiger charge is -2.29. The van der Waals surface area contributed by atoms with Crippen molar-refractivity contribution in [1.82, 2.24) is 19.7 Å². The largest absolute Gasteiger partial charge is 0.349 e. The molecule has 1 fully saturated rings. The average molecular weight is 412 g/mol. The lowest BCUT2D eigenvalue weighted by molar-refractivity contribution is 0.0919. The molecule has 1 aromatic carbocycles. The molecule has 1 aliphatic carbocycles. The molecule has 3 aromatic rings. The molecule has 1 amide bonds. The number of carbonyl (C=O) groups excluding carboxylic acids is 1. The van der Waals surface area contributed by atoms with E-state index in [1.165, 1.54) is 6.20 Å². The first kappa shape index (κ1) is 20.0. The molecular formula is C22H22F2N4O2. The third-order valence-corrected chi connectivity index (χ3v) is 5.63. The number of hydrogen-bond acceptors (Lipinski definition) is 3. The van der Waals surface area contributed by atoms with E-state index in [1.54, 1.807) is 19.2 Å². The summed E-state index contributed by atoms with van der Waals surface area (Å²) < 4.78 is 30.6. The number of rotatable bonds is 4. The molecule has 0 spiro atoms. The van der Waals surface area contributed by atoms with Crippen LogP contribution >= 0.6 is 0 Å². The van der Waals surface area contributed by atoms with Gasteiger partial charge >= 0.3 is 0 Å². The zero-order chi connectivity index (χ0) is 21.3. The van der Waals surface area contributed by atoms with Gasteiger partial charge in [0.15, 0.2) is 0 Å². The van der Waals surface area contributed by atoms with Crippen LogP contribution in [0.25, 0.3) is 5.69 Å². The van der Waals surface area contributed by atoms with Gasteiger partial charge in [0.05, 0.1) is 11.7 Å². The maximum atomic E-state index is 14.2. The number of aryl methyl sites for hydroxylation is 1. The van der Waals surface area contributed by atoms with E-state index >= 15 is 0 Å². The molecule has 0 bridgehead atoms. The summed E-state index contributed by atoms with van der Waals surface area (Å²) in [4.78, 5) is 25.8. The van der Waals surface area contributed by atoms with Crippen molar-refractivity contribution in [2.45, 2.75) is 44.7 Å². The third kappa shape index (κ3) is 3.90. The van der Waals surface area contributed by atoms with Crippen molar-refractivity contribution in [2.75, 3.05) is 0 Å². The summed E-state index contributed by atoms with van der Waals surface area (Å²) in [5.74, 6) is -1.91. The first-order valence-corrected chi connectivity index (χ1v) is 9.91. The molecular weight excluding hydrogens is 390 g/mol. The number of aromatic nitrogens is 3. The topological polar surface area (TPSA) is 68.9 Å². The zero-order valence-corrected chi connectivity index (χ0v) is 16.5. The van der Waals surface area contributed by atoms with Gasteiger partial charge in [0.2, 0.25) is 0 Å². The predicted molar refractivity (Wildman–Crippen MR) is 108 cm³/mol. The summed E-state index contributed by atoms with van der Waals surface area (Å²) in [6.07, 6.45) is 8.33. The van der Waals surface area contributed by atoms with Crippen LogP contribution in [0.2, 0.25) is 0 Å². The van der Waals surface area contributed by atoms with Crippen molar-refractivity contribution in [1.29, 1.82) is 0 Å². The monoisotopic (exact) mass is 412 g/mol. The minimum Gasteiger partial charge on any atom is -0.349 e. The van der Waals surface area contributed by atoms with E-state index in [-0.39, 0.29) is 17.3 Å². The van der Waals surface area contributed by atoms with Gasteiger partial charge in [-0.3, -0.25) is 18.8 Å². The highest BCUT2D eigenvalue weighted by Crippen LogP contribution is 2.28. The molecule has 0 unspecified atom stereocenters. The first-order chi connectivity index (χ1) is 14.4. The Bertz CT molecular complexity index is 1120. The number of pyridine rings is 1. The van der Waals surface area contributed by atoms with Crippen LogP contribution in [0.1, 0.15) is 47.6 Å². The first-order valence-electron chi connectivity index (χ1n) is 9.91. The van der Waals surface area contributed by atoms with Crippen molar-refractivity contribution in [3.8, 4) is 5.69 Å². The zero-order valence-electron chi connectivity index (χ0n) is 16.5. The number of amides is 1. The molecule has 2 aromatic heterocycles. The van der Waals surface area contributed by atoms with Crippen LogP contribution < -0.4 is 10.9 Å². The second kappa shape index (κ2) is 8.22. The molecule has 2 heterocycles. The maximum absolute atomic E-state index is 14.2. The Morgan fingerprint density at radius 2 is 1.90 bits per heavy atom. The quantitative estimate of drug-likeness (QED) is 0.713. The van der Waals surface area contributed by atoms with E-state index < -0.39 is 23.1 Å². The lowest BCUT2D eigenvalue weighted by Crippen LogP contribution is -2.41. The molecule has 156 valence electrons. The Balaban J connectivity index is 1.53. The Kier molecular flexibility index (Phi) is 5.48. The van der Waals surface area contributed by atoms with Crippen LogP contribution in [0.4, 0.5) is 8.78 Å². The third-order valence-electron chi connectivity index (χ3n) is 5.63. The molecule has 1 N–H and O–H groups in total. The Morgan fingerprint density at radius 1 is 1.13 bits per heavy atom. The summed E-state index contributed by atoms with van der Waals surface area (Å²) in [6, 6.07) is 6.56. The summed E-state index contributed by atoms with van der Waals surface area (Å²) in [5.41, 5.74) is -0.484. The van der Waals surface area contributed by atoms with Gasteiger partial charge in [0, 0.05) is 30.7 Å². The van der Waals surface area contributed by atoms with Crippen molar-refractivity contribution in [2.24, 2.45) is 0 Å². The van der Waals surface area contributed by atoms with Crippen molar-refractivity contribution in [3.05, 3.63) is 82.0 Å². The van der Waals surface area contributed by atoms with Crippen LogP contribution in [0.3, 0.4) is 0 Å². The van der Waals surface area contributed by atoms with E-state index in [4.69, 9.17) is 0 Å². The molecule has 4 rings (SSSR count). The molecule has 0 aliphatic heterocycles. The maximum Gasteiger partial charge on any atom is 0.268 e. The highest BCUT2D eigenvalue weighted by Gasteiger charge is 2.26. The molecule has 8 heteroatoms. The van der Waals surface area contributed by atoms with Crippen LogP contribution in [0.5, 0.6) is 0 Å².